The van der Waals surface area contributed by atoms with E-state index in [0.29, 0.717) is 10.8 Å². The second-order valence-electron chi connectivity index (χ2n) is 6.22. The zero-order chi connectivity index (χ0) is 19.9. The highest BCUT2D eigenvalue weighted by molar-refractivity contribution is 7.14. The largest absolute Gasteiger partial charge is 0.346 e. The molecule has 1 atom stereocenters. The van der Waals surface area contributed by atoms with E-state index in [-0.39, 0.29) is 17.9 Å². The molecule has 0 saturated carbocycles. The van der Waals surface area contributed by atoms with E-state index in [1.807, 2.05) is 73.0 Å². The smallest absolute Gasteiger partial charge is 0.244 e. The van der Waals surface area contributed by atoms with E-state index >= 15 is 0 Å². The Hall–Kier alpha value is -3.25. The fourth-order valence-electron chi connectivity index (χ4n) is 2.71. The number of nitrogens with zero attached hydrogens (tertiary/aromatic N) is 2. The molecule has 28 heavy (non-hydrogen) atoms. The molecule has 0 fully saturated rings. The number of benzene rings is 2. The molecule has 142 valence electrons. The fourth-order valence-corrected chi connectivity index (χ4v) is 3.56. The van der Waals surface area contributed by atoms with Gasteiger partial charge >= 0.3 is 0 Å². The summed E-state index contributed by atoms with van der Waals surface area (Å²) in [4.78, 5) is 30.3. The van der Waals surface area contributed by atoms with E-state index in [9.17, 15) is 9.59 Å². The molecule has 0 spiro atoms. The molecule has 6 heteroatoms. The van der Waals surface area contributed by atoms with Gasteiger partial charge in [0.15, 0.2) is 5.13 Å². The number of hydrogen-bond acceptors (Lipinski definition) is 4. The molecule has 3 rings (SSSR count). The van der Waals surface area contributed by atoms with E-state index in [1.54, 1.807) is 11.0 Å². The van der Waals surface area contributed by atoms with Gasteiger partial charge in [-0.1, -0.05) is 48.5 Å². The van der Waals surface area contributed by atoms with Gasteiger partial charge < -0.3 is 5.32 Å². The molecule has 0 aliphatic heterocycles. The molecule has 5 nitrogen and oxygen atoms in total. The van der Waals surface area contributed by atoms with Crippen LogP contribution in [0.5, 0.6) is 0 Å². The summed E-state index contributed by atoms with van der Waals surface area (Å²) in [7, 11) is 0. The average Bonchev–Trinajstić information content (AvgIpc) is 3.16. The standard InChI is InChI=1S/C22H21N3O2S/c1-16(18-9-5-3-6-10-18)23-21(27)14-13-19-15-28-22(24-19)25(17(2)26)20-11-7-4-8-12-20/h3-16H,1-2H3,(H,23,27). The Morgan fingerprint density at radius 1 is 1.07 bits per heavy atom. The number of hydrogen-bond donors (Lipinski definition) is 1. The Balaban J connectivity index is 1.68. The predicted octanol–water partition coefficient (Wildman–Crippen LogP) is 4.72. The van der Waals surface area contributed by atoms with Crippen LogP contribution in [0.15, 0.2) is 72.1 Å². The van der Waals surface area contributed by atoms with Gasteiger partial charge in [0, 0.05) is 18.4 Å². The number of para-hydroxylation sites is 1. The highest BCUT2D eigenvalue weighted by Gasteiger charge is 2.17. The van der Waals surface area contributed by atoms with Gasteiger partial charge in [-0.3, -0.25) is 14.5 Å². The molecule has 0 radical (unpaired) electrons. The summed E-state index contributed by atoms with van der Waals surface area (Å²) >= 11 is 1.35. The predicted molar refractivity (Wildman–Crippen MR) is 113 cm³/mol. The Bertz CT molecular complexity index is 968. The molecule has 1 heterocycles. The maximum atomic E-state index is 12.2. The van der Waals surface area contributed by atoms with Crippen LogP contribution in [-0.2, 0) is 9.59 Å². The van der Waals surface area contributed by atoms with Crippen LogP contribution in [0.4, 0.5) is 10.8 Å². The molecule has 1 unspecified atom stereocenters. The van der Waals surface area contributed by atoms with Crippen molar-refractivity contribution in [1.82, 2.24) is 10.3 Å². The molecular weight excluding hydrogens is 370 g/mol. The van der Waals surface area contributed by atoms with E-state index in [1.165, 1.54) is 24.3 Å². The van der Waals surface area contributed by atoms with Gasteiger partial charge in [-0.05, 0) is 30.7 Å². The molecule has 1 aromatic heterocycles. The van der Waals surface area contributed by atoms with Crippen molar-refractivity contribution in [3.63, 3.8) is 0 Å². The van der Waals surface area contributed by atoms with Crippen LogP contribution in [0.25, 0.3) is 6.08 Å². The summed E-state index contributed by atoms with van der Waals surface area (Å²) in [6, 6.07) is 19.0. The van der Waals surface area contributed by atoms with Crippen LogP contribution >= 0.6 is 11.3 Å². The lowest BCUT2D eigenvalue weighted by Gasteiger charge is -2.17. The number of amides is 2. The minimum Gasteiger partial charge on any atom is -0.346 e. The number of nitrogens with one attached hydrogen (secondary N) is 1. The third kappa shape index (κ3) is 4.92. The molecular formula is C22H21N3O2S. The lowest BCUT2D eigenvalue weighted by Crippen LogP contribution is -2.24. The van der Waals surface area contributed by atoms with Crippen molar-refractivity contribution < 1.29 is 9.59 Å². The van der Waals surface area contributed by atoms with Crippen LogP contribution in [0.1, 0.15) is 31.1 Å². The quantitative estimate of drug-likeness (QED) is 0.619. The Labute approximate surface area is 168 Å². The number of aromatic nitrogens is 1. The van der Waals surface area contributed by atoms with Crippen LogP contribution in [0.3, 0.4) is 0 Å². The highest BCUT2D eigenvalue weighted by Crippen LogP contribution is 2.29. The second kappa shape index (κ2) is 9.10. The van der Waals surface area contributed by atoms with E-state index in [0.717, 1.165) is 11.3 Å². The molecule has 3 aromatic rings. The SMILES string of the molecule is CC(=O)N(c1ccccc1)c1nc(C=CC(=O)NC(C)c2ccccc2)cs1. The number of thiazole rings is 1. The lowest BCUT2D eigenvalue weighted by molar-refractivity contribution is -0.117. The second-order valence-corrected chi connectivity index (χ2v) is 7.06. The van der Waals surface area contributed by atoms with Gasteiger partial charge in [-0.2, -0.15) is 0 Å². The van der Waals surface area contributed by atoms with Crippen LogP contribution in [0, 0.1) is 0 Å². The van der Waals surface area contributed by atoms with Crippen molar-refractivity contribution in [2.75, 3.05) is 4.90 Å². The number of carbonyl (C=O) groups is 2. The molecule has 1 N–H and O–H groups in total. The van der Waals surface area contributed by atoms with Crippen molar-refractivity contribution in [2.45, 2.75) is 19.9 Å². The first kappa shape index (κ1) is 19.5. The molecule has 0 bridgehead atoms. The van der Waals surface area contributed by atoms with Gasteiger partial charge in [0.2, 0.25) is 11.8 Å². The third-order valence-corrected chi connectivity index (χ3v) is 4.94. The maximum Gasteiger partial charge on any atom is 0.244 e. The van der Waals surface area contributed by atoms with E-state index in [4.69, 9.17) is 0 Å². The maximum absolute atomic E-state index is 12.2. The van der Waals surface area contributed by atoms with Crippen molar-refractivity contribution in [3.8, 4) is 0 Å². The molecule has 0 aliphatic carbocycles. The fraction of sp³-hybridized carbons (Fsp3) is 0.136. The van der Waals surface area contributed by atoms with Gasteiger partial charge in [-0.25, -0.2) is 4.98 Å². The first-order valence-electron chi connectivity index (χ1n) is 8.89. The van der Waals surface area contributed by atoms with Gasteiger partial charge in [-0.15, -0.1) is 11.3 Å². The van der Waals surface area contributed by atoms with Gasteiger partial charge in [0.1, 0.15) is 0 Å². The summed E-state index contributed by atoms with van der Waals surface area (Å²) in [5, 5.41) is 5.31. The van der Waals surface area contributed by atoms with Crippen LogP contribution < -0.4 is 10.2 Å². The summed E-state index contributed by atoms with van der Waals surface area (Å²) in [5.41, 5.74) is 2.43. The minimum absolute atomic E-state index is 0.0874. The Morgan fingerprint density at radius 2 is 1.71 bits per heavy atom. The lowest BCUT2D eigenvalue weighted by atomic mass is 10.1. The number of rotatable bonds is 6. The summed E-state index contributed by atoms with van der Waals surface area (Å²) in [6.07, 6.45) is 3.11. The van der Waals surface area contributed by atoms with Crippen molar-refractivity contribution in [2.24, 2.45) is 0 Å². The minimum atomic E-state index is -0.197. The summed E-state index contributed by atoms with van der Waals surface area (Å²) < 4.78 is 0. The summed E-state index contributed by atoms with van der Waals surface area (Å²) in [6.45, 7) is 3.44. The van der Waals surface area contributed by atoms with E-state index < -0.39 is 0 Å². The number of anilines is 2. The number of carbonyl (C=O) groups excluding carboxylic acids is 2. The van der Waals surface area contributed by atoms with Crippen molar-refractivity contribution >= 4 is 40.0 Å². The third-order valence-electron chi connectivity index (χ3n) is 4.09. The molecule has 0 aliphatic rings. The first-order chi connectivity index (χ1) is 13.5. The Kier molecular flexibility index (Phi) is 6.34. The first-order valence-corrected chi connectivity index (χ1v) is 9.77. The molecule has 2 amide bonds. The topological polar surface area (TPSA) is 62.3 Å². The van der Waals surface area contributed by atoms with E-state index in [2.05, 4.69) is 10.3 Å². The average molecular weight is 391 g/mol. The molecule has 2 aromatic carbocycles. The van der Waals surface area contributed by atoms with Crippen molar-refractivity contribution in [1.29, 1.82) is 0 Å². The zero-order valence-corrected chi connectivity index (χ0v) is 16.5. The van der Waals surface area contributed by atoms with Crippen molar-refractivity contribution in [3.05, 3.63) is 83.4 Å². The molecule has 0 saturated heterocycles. The normalized spacial score (nSPS) is 11.9. The monoisotopic (exact) mass is 391 g/mol. The zero-order valence-electron chi connectivity index (χ0n) is 15.7. The van der Waals surface area contributed by atoms with Crippen LogP contribution in [-0.4, -0.2) is 16.8 Å². The van der Waals surface area contributed by atoms with Gasteiger partial charge in [0.25, 0.3) is 0 Å². The van der Waals surface area contributed by atoms with Gasteiger partial charge in [0.05, 0.1) is 17.4 Å². The van der Waals surface area contributed by atoms with Crippen LogP contribution in [0.2, 0.25) is 0 Å². The Morgan fingerprint density at radius 3 is 2.36 bits per heavy atom. The summed E-state index contributed by atoms with van der Waals surface area (Å²) in [5.74, 6) is -0.317. The highest BCUT2D eigenvalue weighted by atomic mass is 32.1.